The van der Waals surface area contributed by atoms with E-state index >= 15 is 0 Å². The average molecular weight is 311 g/mol. The first-order valence-electron chi connectivity index (χ1n) is 5.56. The minimum Gasteiger partial charge on any atom is -0.287 e. The molecule has 0 atom stereocenters. The molecule has 0 amide bonds. The quantitative estimate of drug-likeness (QED) is 0.816. The molecule has 0 aliphatic carbocycles. The number of carbonyl (C=O) groups is 1. The highest BCUT2D eigenvalue weighted by Crippen LogP contribution is 2.21. The molecular formula is C13H12BrFN2O. The maximum Gasteiger partial charge on any atom is 0.213 e. The van der Waals surface area contributed by atoms with Crippen molar-refractivity contribution >= 4 is 21.7 Å². The Bertz CT molecular complexity index is 607. The van der Waals surface area contributed by atoms with Crippen LogP contribution < -0.4 is 0 Å². The molecule has 2 rings (SSSR count). The number of aromatic nitrogens is 2. The molecule has 0 N–H and O–H groups in total. The van der Waals surface area contributed by atoms with Gasteiger partial charge in [0.2, 0.25) is 5.78 Å². The van der Waals surface area contributed by atoms with E-state index in [-0.39, 0.29) is 15.8 Å². The van der Waals surface area contributed by atoms with Crippen molar-refractivity contribution in [3.05, 3.63) is 51.5 Å². The van der Waals surface area contributed by atoms with E-state index < -0.39 is 5.82 Å². The van der Waals surface area contributed by atoms with Gasteiger partial charge in [-0.15, -0.1) is 0 Å². The summed E-state index contributed by atoms with van der Waals surface area (Å²) in [4.78, 5) is 12.2. The summed E-state index contributed by atoms with van der Waals surface area (Å²) >= 11 is 3.07. The third-order valence-electron chi connectivity index (χ3n) is 2.72. The Hall–Kier alpha value is -1.49. The zero-order valence-corrected chi connectivity index (χ0v) is 11.7. The van der Waals surface area contributed by atoms with Gasteiger partial charge in [-0.2, -0.15) is 5.10 Å². The van der Waals surface area contributed by atoms with Crippen LogP contribution in [0.2, 0.25) is 0 Å². The Morgan fingerprint density at radius 3 is 2.83 bits per heavy atom. The minimum absolute atomic E-state index is 0.0510. The van der Waals surface area contributed by atoms with Crippen molar-refractivity contribution in [2.45, 2.75) is 13.3 Å². The van der Waals surface area contributed by atoms with Crippen molar-refractivity contribution in [3.8, 4) is 0 Å². The van der Waals surface area contributed by atoms with Crippen LogP contribution in [0.25, 0.3) is 0 Å². The first-order chi connectivity index (χ1) is 8.54. The van der Waals surface area contributed by atoms with Crippen molar-refractivity contribution in [2.24, 2.45) is 7.05 Å². The van der Waals surface area contributed by atoms with Gasteiger partial charge in [0, 0.05) is 7.05 Å². The van der Waals surface area contributed by atoms with Crippen LogP contribution in [0.3, 0.4) is 0 Å². The van der Waals surface area contributed by atoms with E-state index in [2.05, 4.69) is 21.0 Å². The van der Waals surface area contributed by atoms with Gasteiger partial charge < -0.3 is 0 Å². The van der Waals surface area contributed by atoms with E-state index in [9.17, 15) is 9.18 Å². The number of hydrogen-bond donors (Lipinski definition) is 0. The van der Waals surface area contributed by atoms with Gasteiger partial charge in [0.25, 0.3) is 0 Å². The Balaban J connectivity index is 2.48. The lowest BCUT2D eigenvalue weighted by Crippen LogP contribution is -2.10. The summed E-state index contributed by atoms with van der Waals surface area (Å²) in [5.74, 6) is -0.898. The topological polar surface area (TPSA) is 34.9 Å². The van der Waals surface area contributed by atoms with E-state index in [0.717, 1.165) is 12.1 Å². The molecule has 3 nitrogen and oxygen atoms in total. The Morgan fingerprint density at radius 2 is 2.22 bits per heavy atom. The van der Waals surface area contributed by atoms with Gasteiger partial charge in [-0.25, -0.2) is 4.39 Å². The molecule has 0 aliphatic rings. The number of ketones is 1. The smallest absolute Gasteiger partial charge is 0.213 e. The van der Waals surface area contributed by atoms with Crippen LogP contribution in [0.1, 0.15) is 28.7 Å². The Morgan fingerprint density at radius 1 is 1.50 bits per heavy atom. The lowest BCUT2D eigenvalue weighted by molar-refractivity contribution is 0.102. The highest BCUT2D eigenvalue weighted by atomic mass is 79.9. The van der Waals surface area contributed by atoms with Crippen LogP contribution in [0, 0.1) is 5.82 Å². The molecule has 0 spiro atoms. The molecule has 0 saturated heterocycles. The van der Waals surface area contributed by atoms with Crippen LogP contribution in [0.15, 0.2) is 28.7 Å². The number of aryl methyl sites for hydroxylation is 2. The lowest BCUT2D eigenvalue weighted by atomic mass is 10.1. The molecule has 0 saturated carbocycles. The summed E-state index contributed by atoms with van der Waals surface area (Å²) in [5, 5.41) is 4.19. The SMILES string of the molecule is CCc1cc(C(=O)c2cccc(Br)c2F)n(C)n1. The Kier molecular flexibility index (Phi) is 3.61. The molecule has 1 heterocycles. The molecule has 5 heteroatoms. The summed E-state index contributed by atoms with van der Waals surface area (Å²) < 4.78 is 15.6. The van der Waals surface area contributed by atoms with Gasteiger partial charge in [0.1, 0.15) is 11.5 Å². The zero-order valence-electron chi connectivity index (χ0n) is 10.1. The second kappa shape index (κ2) is 5.02. The molecule has 1 aromatic heterocycles. The van der Waals surface area contributed by atoms with Gasteiger partial charge in [-0.05, 0) is 40.5 Å². The largest absolute Gasteiger partial charge is 0.287 e. The normalized spacial score (nSPS) is 10.7. The second-order valence-electron chi connectivity index (χ2n) is 3.93. The van der Waals surface area contributed by atoms with Gasteiger partial charge >= 0.3 is 0 Å². The van der Waals surface area contributed by atoms with E-state index in [1.807, 2.05) is 6.92 Å². The summed E-state index contributed by atoms with van der Waals surface area (Å²) in [6.45, 7) is 1.95. The van der Waals surface area contributed by atoms with Crippen molar-refractivity contribution in [1.29, 1.82) is 0 Å². The average Bonchev–Trinajstić information content (AvgIpc) is 2.73. The van der Waals surface area contributed by atoms with E-state index in [0.29, 0.717) is 5.69 Å². The first-order valence-corrected chi connectivity index (χ1v) is 6.35. The van der Waals surface area contributed by atoms with Crippen molar-refractivity contribution in [1.82, 2.24) is 9.78 Å². The van der Waals surface area contributed by atoms with Crippen molar-refractivity contribution < 1.29 is 9.18 Å². The van der Waals surface area contributed by atoms with Crippen molar-refractivity contribution in [3.63, 3.8) is 0 Å². The van der Waals surface area contributed by atoms with Crippen LogP contribution in [0.5, 0.6) is 0 Å². The van der Waals surface area contributed by atoms with Gasteiger partial charge in [0.15, 0.2) is 0 Å². The molecular weight excluding hydrogens is 299 g/mol. The predicted molar refractivity (Wildman–Crippen MR) is 70.1 cm³/mol. The summed E-state index contributed by atoms with van der Waals surface area (Å²) in [5.41, 5.74) is 1.26. The Labute approximate surface area is 113 Å². The highest BCUT2D eigenvalue weighted by Gasteiger charge is 2.19. The van der Waals surface area contributed by atoms with Crippen LogP contribution >= 0.6 is 15.9 Å². The lowest BCUT2D eigenvalue weighted by Gasteiger charge is -2.03. The third kappa shape index (κ3) is 2.22. The molecule has 0 radical (unpaired) electrons. The molecule has 0 unspecified atom stereocenters. The van der Waals surface area contributed by atoms with Crippen LogP contribution in [0.4, 0.5) is 4.39 Å². The maximum absolute atomic E-state index is 13.9. The summed E-state index contributed by atoms with van der Waals surface area (Å²) in [6, 6.07) is 6.37. The number of nitrogens with zero attached hydrogens (tertiary/aromatic N) is 2. The molecule has 1 aromatic carbocycles. The number of halogens is 2. The first kappa shape index (κ1) is 13.0. The fourth-order valence-corrected chi connectivity index (χ4v) is 2.10. The van der Waals surface area contributed by atoms with Gasteiger partial charge in [-0.3, -0.25) is 9.48 Å². The number of rotatable bonds is 3. The fraction of sp³-hybridized carbons (Fsp3) is 0.231. The van der Waals surface area contributed by atoms with E-state index in [1.54, 1.807) is 25.2 Å². The second-order valence-corrected chi connectivity index (χ2v) is 4.78. The maximum atomic E-state index is 13.9. The fourth-order valence-electron chi connectivity index (χ4n) is 1.73. The van der Waals surface area contributed by atoms with Crippen LogP contribution in [-0.2, 0) is 13.5 Å². The van der Waals surface area contributed by atoms with E-state index in [4.69, 9.17) is 0 Å². The summed E-state index contributed by atoms with van der Waals surface area (Å²) in [6.07, 6.45) is 0.738. The van der Waals surface area contributed by atoms with Crippen LogP contribution in [-0.4, -0.2) is 15.6 Å². The summed E-state index contributed by atoms with van der Waals surface area (Å²) in [7, 11) is 1.68. The number of carbonyl (C=O) groups excluding carboxylic acids is 1. The zero-order chi connectivity index (χ0) is 13.3. The highest BCUT2D eigenvalue weighted by molar-refractivity contribution is 9.10. The van der Waals surface area contributed by atoms with Crippen molar-refractivity contribution in [2.75, 3.05) is 0 Å². The standard InChI is InChI=1S/C13H12BrFN2O/c1-3-8-7-11(17(2)16-8)13(18)9-5-4-6-10(14)12(9)15/h4-7H,3H2,1-2H3. The van der Waals surface area contributed by atoms with Gasteiger partial charge in [-0.1, -0.05) is 13.0 Å². The number of benzene rings is 1. The predicted octanol–water partition coefficient (Wildman–Crippen LogP) is 3.12. The molecule has 2 aromatic rings. The number of hydrogen-bond acceptors (Lipinski definition) is 2. The van der Waals surface area contributed by atoms with E-state index in [1.165, 1.54) is 10.7 Å². The molecule has 0 bridgehead atoms. The molecule has 18 heavy (non-hydrogen) atoms. The monoisotopic (exact) mass is 310 g/mol. The van der Waals surface area contributed by atoms with Gasteiger partial charge in [0.05, 0.1) is 15.7 Å². The molecule has 0 fully saturated rings. The third-order valence-corrected chi connectivity index (χ3v) is 3.33. The molecule has 0 aliphatic heterocycles. The molecule has 94 valence electrons. The minimum atomic E-state index is -0.540.